The highest BCUT2D eigenvalue weighted by Crippen LogP contribution is 2.07. The maximum absolute atomic E-state index is 8.99. The van der Waals surface area contributed by atoms with Gasteiger partial charge < -0.3 is 15.7 Å². The third kappa shape index (κ3) is 6.54. The third-order valence-electron chi connectivity index (χ3n) is 2.56. The fourth-order valence-electron chi connectivity index (χ4n) is 1.48. The highest BCUT2D eigenvalue weighted by molar-refractivity contribution is 7.09. The van der Waals surface area contributed by atoms with Gasteiger partial charge >= 0.3 is 0 Å². The minimum atomic E-state index is 0.168. The van der Waals surface area contributed by atoms with Crippen LogP contribution in [0.15, 0.2) is 10.4 Å². The van der Waals surface area contributed by atoms with Crippen molar-refractivity contribution in [3.63, 3.8) is 0 Å². The van der Waals surface area contributed by atoms with E-state index in [9.17, 15) is 0 Å². The fraction of sp³-hybridized carbons (Fsp3) is 0.692. The first-order valence-corrected chi connectivity index (χ1v) is 7.57. The van der Waals surface area contributed by atoms with Crippen molar-refractivity contribution in [3.05, 3.63) is 16.1 Å². The normalized spacial score (nSPS) is 13.4. The fourth-order valence-corrected chi connectivity index (χ4v) is 2.13. The van der Waals surface area contributed by atoms with E-state index in [-0.39, 0.29) is 12.5 Å². The molecular formula is C13H24N4OS. The molecule has 5 nitrogen and oxygen atoms in total. The molecule has 0 spiro atoms. The van der Waals surface area contributed by atoms with Gasteiger partial charge in [0.05, 0.1) is 10.7 Å². The van der Waals surface area contributed by atoms with Gasteiger partial charge in [-0.05, 0) is 19.8 Å². The Kier molecular flexibility index (Phi) is 7.43. The molecule has 0 aliphatic rings. The second-order valence-electron chi connectivity index (χ2n) is 4.54. The zero-order valence-corrected chi connectivity index (χ0v) is 12.8. The van der Waals surface area contributed by atoms with Gasteiger partial charge in [-0.25, -0.2) is 4.98 Å². The third-order valence-corrected chi connectivity index (χ3v) is 3.38. The van der Waals surface area contributed by atoms with Crippen molar-refractivity contribution < 1.29 is 5.11 Å². The molecule has 6 heteroatoms. The molecule has 1 unspecified atom stereocenters. The largest absolute Gasteiger partial charge is 0.396 e. The molecule has 1 rings (SSSR count). The predicted molar refractivity (Wildman–Crippen MR) is 80.8 cm³/mol. The number of nitrogens with one attached hydrogen (secondary N) is 2. The number of hydrogen-bond donors (Lipinski definition) is 3. The maximum Gasteiger partial charge on any atom is 0.191 e. The molecule has 0 aromatic carbocycles. The minimum Gasteiger partial charge on any atom is -0.396 e. The maximum atomic E-state index is 8.99. The Hall–Kier alpha value is -1.14. The zero-order chi connectivity index (χ0) is 14.1. The monoisotopic (exact) mass is 284 g/mol. The number of rotatable bonds is 7. The van der Waals surface area contributed by atoms with Crippen LogP contribution in [-0.2, 0) is 6.42 Å². The van der Waals surface area contributed by atoms with Gasteiger partial charge in [0.2, 0.25) is 0 Å². The lowest BCUT2D eigenvalue weighted by molar-refractivity contribution is 0.241. The molecule has 1 atom stereocenters. The molecule has 0 saturated heterocycles. The predicted octanol–water partition coefficient (Wildman–Crippen LogP) is 1.18. The van der Waals surface area contributed by atoms with Crippen molar-refractivity contribution in [3.8, 4) is 0 Å². The summed E-state index contributed by atoms with van der Waals surface area (Å²) >= 11 is 1.68. The molecule has 108 valence electrons. The Morgan fingerprint density at radius 2 is 2.32 bits per heavy atom. The molecule has 0 fully saturated rings. The number of aromatic nitrogens is 1. The molecule has 0 aliphatic carbocycles. The van der Waals surface area contributed by atoms with Gasteiger partial charge in [-0.1, -0.05) is 6.92 Å². The first-order valence-electron chi connectivity index (χ1n) is 6.69. The highest BCUT2D eigenvalue weighted by Gasteiger charge is 2.02. The Morgan fingerprint density at radius 1 is 1.53 bits per heavy atom. The van der Waals surface area contributed by atoms with E-state index < -0.39 is 0 Å². The lowest BCUT2D eigenvalue weighted by Gasteiger charge is -2.12. The lowest BCUT2D eigenvalue weighted by atomic mass is 10.2. The second kappa shape index (κ2) is 8.87. The molecular weight excluding hydrogens is 260 g/mol. The van der Waals surface area contributed by atoms with E-state index in [0.717, 1.165) is 36.2 Å². The van der Waals surface area contributed by atoms with Crippen LogP contribution in [0, 0.1) is 12.8 Å². The number of thiazole rings is 1. The summed E-state index contributed by atoms with van der Waals surface area (Å²) in [5, 5.41) is 18.7. The Morgan fingerprint density at radius 3 is 2.89 bits per heavy atom. The van der Waals surface area contributed by atoms with Gasteiger partial charge in [0, 0.05) is 38.0 Å². The van der Waals surface area contributed by atoms with E-state index >= 15 is 0 Å². The molecule has 0 saturated carbocycles. The van der Waals surface area contributed by atoms with Crippen LogP contribution in [0.1, 0.15) is 24.5 Å². The number of aryl methyl sites for hydroxylation is 1. The average Bonchev–Trinajstić information content (AvgIpc) is 2.81. The zero-order valence-electron chi connectivity index (χ0n) is 11.9. The summed E-state index contributed by atoms with van der Waals surface area (Å²) < 4.78 is 0. The van der Waals surface area contributed by atoms with Crippen LogP contribution >= 0.6 is 11.3 Å². The molecule has 19 heavy (non-hydrogen) atoms. The van der Waals surface area contributed by atoms with Crippen LogP contribution in [0.3, 0.4) is 0 Å². The molecule has 0 bridgehead atoms. The van der Waals surface area contributed by atoms with E-state index in [1.807, 2.05) is 20.8 Å². The standard InChI is InChI=1S/C13H24N4OS/c1-4-14-13(16-7-10(2)8-18)15-6-5-12-9-19-11(3)17-12/h9-10,18H,4-8H2,1-3H3,(H2,14,15,16). The summed E-state index contributed by atoms with van der Waals surface area (Å²) in [6, 6.07) is 0. The van der Waals surface area contributed by atoms with Crippen LogP contribution in [0.5, 0.6) is 0 Å². The summed E-state index contributed by atoms with van der Waals surface area (Å²) in [5.41, 5.74) is 1.12. The SMILES string of the molecule is CCNC(=NCC(C)CO)NCCc1csc(C)n1. The van der Waals surface area contributed by atoms with Crippen molar-refractivity contribution >= 4 is 17.3 Å². The molecule has 1 aromatic rings. The van der Waals surface area contributed by atoms with E-state index in [1.54, 1.807) is 11.3 Å². The summed E-state index contributed by atoms with van der Waals surface area (Å²) in [7, 11) is 0. The first-order chi connectivity index (χ1) is 9.15. The Balaban J connectivity index is 2.36. The summed E-state index contributed by atoms with van der Waals surface area (Å²) in [6.07, 6.45) is 0.893. The topological polar surface area (TPSA) is 69.5 Å². The number of guanidine groups is 1. The summed E-state index contributed by atoms with van der Waals surface area (Å²) in [6.45, 7) is 8.46. The van der Waals surface area contributed by atoms with Crippen LogP contribution < -0.4 is 10.6 Å². The number of hydrogen-bond acceptors (Lipinski definition) is 4. The molecule has 3 N–H and O–H groups in total. The lowest BCUT2D eigenvalue weighted by Crippen LogP contribution is -2.38. The Labute approximate surface area is 119 Å². The smallest absolute Gasteiger partial charge is 0.191 e. The van der Waals surface area contributed by atoms with Gasteiger partial charge in [0.15, 0.2) is 5.96 Å². The van der Waals surface area contributed by atoms with Gasteiger partial charge in [-0.3, -0.25) is 4.99 Å². The molecule has 1 aromatic heterocycles. The minimum absolute atomic E-state index is 0.168. The molecule has 0 amide bonds. The van der Waals surface area contributed by atoms with Crippen molar-refractivity contribution in [2.45, 2.75) is 27.2 Å². The molecule has 0 radical (unpaired) electrons. The van der Waals surface area contributed by atoms with Crippen molar-refractivity contribution in [1.29, 1.82) is 0 Å². The van der Waals surface area contributed by atoms with Gasteiger partial charge in [0.25, 0.3) is 0 Å². The van der Waals surface area contributed by atoms with E-state index in [4.69, 9.17) is 5.11 Å². The summed E-state index contributed by atoms with van der Waals surface area (Å²) in [5.74, 6) is 0.992. The van der Waals surface area contributed by atoms with Crippen LogP contribution in [0.25, 0.3) is 0 Å². The van der Waals surface area contributed by atoms with Crippen molar-refractivity contribution in [2.75, 3.05) is 26.2 Å². The van der Waals surface area contributed by atoms with Crippen LogP contribution in [0.4, 0.5) is 0 Å². The summed E-state index contributed by atoms with van der Waals surface area (Å²) in [4.78, 5) is 8.86. The number of aliphatic imine (C=N–C) groups is 1. The van der Waals surface area contributed by atoms with E-state index in [1.165, 1.54) is 0 Å². The van der Waals surface area contributed by atoms with Gasteiger partial charge in [-0.2, -0.15) is 0 Å². The number of nitrogens with zero attached hydrogens (tertiary/aromatic N) is 2. The highest BCUT2D eigenvalue weighted by atomic mass is 32.1. The van der Waals surface area contributed by atoms with Crippen molar-refractivity contribution in [2.24, 2.45) is 10.9 Å². The van der Waals surface area contributed by atoms with E-state index in [0.29, 0.717) is 6.54 Å². The molecule has 0 aliphatic heterocycles. The van der Waals surface area contributed by atoms with Crippen LogP contribution in [0.2, 0.25) is 0 Å². The van der Waals surface area contributed by atoms with Gasteiger partial charge in [-0.15, -0.1) is 11.3 Å². The Bertz CT molecular complexity index is 392. The quantitative estimate of drug-likeness (QED) is 0.519. The van der Waals surface area contributed by atoms with Crippen molar-refractivity contribution in [1.82, 2.24) is 15.6 Å². The first kappa shape index (κ1) is 15.9. The number of aliphatic hydroxyl groups is 1. The second-order valence-corrected chi connectivity index (χ2v) is 5.60. The van der Waals surface area contributed by atoms with Crippen LogP contribution in [-0.4, -0.2) is 42.3 Å². The molecule has 1 heterocycles. The van der Waals surface area contributed by atoms with Gasteiger partial charge in [0.1, 0.15) is 0 Å². The number of aliphatic hydroxyl groups excluding tert-OH is 1. The average molecular weight is 284 g/mol. The van der Waals surface area contributed by atoms with E-state index in [2.05, 4.69) is 26.0 Å².